The summed E-state index contributed by atoms with van der Waals surface area (Å²) in [5.41, 5.74) is 1.41. The van der Waals surface area contributed by atoms with Gasteiger partial charge in [0.1, 0.15) is 0 Å². The number of hydrogen-bond acceptors (Lipinski definition) is 2. The molecule has 1 fully saturated rings. The molecule has 1 aromatic rings. The molecular formula is C14H20Cl2N2. The molecule has 4 heteroatoms. The molecule has 0 unspecified atom stereocenters. The van der Waals surface area contributed by atoms with Crippen molar-refractivity contribution < 1.29 is 0 Å². The van der Waals surface area contributed by atoms with Crippen LogP contribution < -0.4 is 5.32 Å². The van der Waals surface area contributed by atoms with Gasteiger partial charge in [-0.2, -0.15) is 0 Å². The largest absolute Gasteiger partial charge is 0.314 e. The van der Waals surface area contributed by atoms with E-state index in [9.17, 15) is 0 Å². The number of piperidine rings is 1. The van der Waals surface area contributed by atoms with E-state index in [2.05, 4.69) is 17.1 Å². The molecule has 1 saturated heterocycles. The molecule has 0 amide bonds. The average molecular weight is 287 g/mol. The maximum atomic E-state index is 6.20. The van der Waals surface area contributed by atoms with E-state index in [1.54, 1.807) is 0 Å². The van der Waals surface area contributed by atoms with Crippen LogP contribution in [0.5, 0.6) is 0 Å². The Morgan fingerprint density at radius 3 is 2.56 bits per heavy atom. The van der Waals surface area contributed by atoms with Gasteiger partial charge < -0.3 is 5.32 Å². The van der Waals surface area contributed by atoms with Gasteiger partial charge >= 0.3 is 0 Å². The Morgan fingerprint density at radius 2 is 1.94 bits per heavy atom. The van der Waals surface area contributed by atoms with Crippen molar-refractivity contribution in [2.45, 2.75) is 31.8 Å². The Balaban J connectivity index is 1.97. The molecule has 2 rings (SSSR count). The molecule has 0 atom stereocenters. The second-order valence-electron chi connectivity index (χ2n) is 5.32. The molecule has 1 aliphatic heterocycles. The molecule has 1 heterocycles. The summed E-state index contributed by atoms with van der Waals surface area (Å²) in [7, 11) is 2.05. The molecule has 0 aromatic heterocycles. The Kier molecular flexibility index (Phi) is 4.54. The van der Waals surface area contributed by atoms with E-state index in [0.717, 1.165) is 35.2 Å². The third-order valence-electron chi connectivity index (χ3n) is 3.96. The van der Waals surface area contributed by atoms with E-state index >= 15 is 0 Å². The zero-order valence-corrected chi connectivity index (χ0v) is 12.5. The highest BCUT2D eigenvalue weighted by Gasteiger charge is 2.28. The molecule has 18 heavy (non-hydrogen) atoms. The van der Waals surface area contributed by atoms with Crippen molar-refractivity contribution in [3.05, 3.63) is 33.8 Å². The van der Waals surface area contributed by atoms with E-state index in [1.165, 1.54) is 12.8 Å². The molecule has 1 N–H and O–H groups in total. The lowest BCUT2D eigenvalue weighted by molar-refractivity contribution is 0.146. The second-order valence-corrected chi connectivity index (χ2v) is 6.17. The second kappa shape index (κ2) is 5.79. The number of likely N-dealkylation sites (tertiary alicyclic amines) is 1. The SMILES string of the molecule is CNC1(C)CCN(Cc2cc(Cl)ccc2Cl)CC1. The highest BCUT2D eigenvalue weighted by Crippen LogP contribution is 2.26. The topological polar surface area (TPSA) is 15.3 Å². The minimum atomic E-state index is 0.286. The monoisotopic (exact) mass is 286 g/mol. The Labute approximate surface area is 119 Å². The van der Waals surface area contributed by atoms with Crippen LogP contribution in [0.1, 0.15) is 25.3 Å². The summed E-state index contributed by atoms with van der Waals surface area (Å²) in [6.45, 7) is 5.37. The van der Waals surface area contributed by atoms with Crippen LogP contribution >= 0.6 is 23.2 Å². The van der Waals surface area contributed by atoms with Crippen molar-refractivity contribution in [2.75, 3.05) is 20.1 Å². The van der Waals surface area contributed by atoms with Gasteiger partial charge in [-0.3, -0.25) is 4.90 Å². The summed E-state index contributed by atoms with van der Waals surface area (Å²) in [4.78, 5) is 2.44. The average Bonchev–Trinajstić information content (AvgIpc) is 2.37. The zero-order chi connectivity index (χ0) is 13.2. The van der Waals surface area contributed by atoms with Crippen molar-refractivity contribution in [2.24, 2.45) is 0 Å². The Morgan fingerprint density at radius 1 is 1.28 bits per heavy atom. The smallest absolute Gasteiger partial charge is 0.0452 e. The molecule has 0 radical (unpaired) electrons. The maximum absolute atomic E-state index is 6.20. The number of nitrogens with zero attached hydrogens (tertiary/aromatic N) is 1. The number of benzene rings is 1. The Hall–Kier alpha value is -0.280. The van der Waals surface area contributed by atoms with E-state index in [4.69, 9.17) is 23.2 Å². The highest BCUT2D eigenvalue weighted by molar-refractivity contribution is 6.33. The third-order valence-corrected chi connectivity index (χ3v) is 4.57. The van der Waals surface area contributed by atoms with Crippen LogP contribution in [-0.2, 0) is 6.54 Å². The predicted octanol–water partition coefficient (Wildman–Crippen LogP) is 3.57. The number of nitrogens with one attached hydrogen (secondary N) is 1. The lowest BCUT2D eigenvalue weighted by atomic mass is 9.90. The van der Waals surface area contributed by atoms with E-state index in [0.29, 0.717) is 0 Å². The fourth-order valence-corrected chi connectivity index (χ4v) is 2.73. The lowest BCUT2D eigenvalue weighted by Crippen LogP contribution is -2.49. The first-order chi connectivity index (χ1) is 8.52. The maximum Gasteiger partial charge on any atom is 0.0452 e. The van der Waals surface area contributed by atoms with Gasteiger partial charge in [-0.15, -0.1) is 0 Å². The van der Waals surface area contributed by atoms with Crippen LogP contribution in [0.3, 0.4) is 0 Å². The van der Waals surface area contributed by atoms with E-state index < -0.39 is 0 Å². The highest BCUT2D eigenvalue weighted by atomic mass is 35.5. The minimum Gasteiger partial charge on any atom is -0.314 e. The fourth-order valence-electron chi connectivity index (χ4n) is 2.36. The van der Waals surface area contributed by atoms with E-state index in [-0.39, 0.29) is 5.54 Å². The molecule has 1 aliphatic rings. The summed E-state index contributed by atoms with van der Waals surface area (Å²) < 4.78 is 0. The predicted molar refractivity (Wildman–Crippen MR) is 78.4 cm³/mol. The summed E-state index contributed by atoms with van der Waals surface area (Å²) in [5, 5.41) is 4.97. The van der Waals surface area contributed by atoms with Crippen molar-refractivity contribution in [1.29, 1.82) is 0 Å². The van der Waals surface area contributed by atoms with Crippen molar-refractivity contribution in [1.82, 2.24) is 10.2 Å². The van der Waals surface area contributed by atoms with Crippen LogP contribution in [0.25, 0.3) is 0 Å². The van der Waals surface area contributed by atoms with Gasteiger partial charge in [0.25, 0.3) is 0 Å². The van der Waals surface area contributed by atoms with Gasteiger partial charge in [0, 0.05) is 35.2 Å². The molecule has 1 aromatic carbocycles. The van der Waals surface area contributed by atoms with Gasteiger partial charge in [0.2, 0.25) is 0 Å². The normalized spacial score (nSPS) is 20.0. The Bertz CT molecular complexity index is 412. The quantitative estimate of drug-likeness (QED) is 0.914. The first kappa shape index (κ1) is 14.1. The third kappa shape index (κ3) is 3.39. The van der Waals surface area contributed by atoms with Crippen LogP contribution in [-0.4, -0.2) is 30.6 Å². The van der Waals surface area contributed by atoms with Gasteiger partial charge in [-0.1, -0.05) is 23.2 Å². The molecule has 100 valence electrons. The van der Waals surface area contributed by atoms with Crippen LogP contribution in [0.15, 0.2) is 18.2 Å². The van der Waals surface area contributed by atoms with E-state index in [1.807, 2.05) is 25.2 Å². The van der Waals surface area contributed by atoms with Crippen molar-refractivity contribution in [3.8, 4) is 0 Å². The molecule has 2 nitrogen and oxygen atoms in total. The summed E-state index contributed by atoms with van der Waals surface area (Å²) >= 11 is 12.2. The molecule has 0 aliphatic carbocycles. The van der Waals surface area contributed by atoms with Gasteiger partial charge in [-0.05, 0) is 50.6 Å². The molecule has 0 bridgehead atoms. The van der Waals surface area contributed by atoms with Crippen LogP contribution in [0.2, 0.25) is 10.0 Å². The summed E-state index contributed by atoms with van der Waals surface area (Å²) in [6, 6.07) is 5.68. The van der Waals surface area contributed by atoms with Crippen LogP contribution in [0.4, 0.5) is 0 Å². The lowest BCUT2D eigenvalue weighted by Gasteiger charge is -2.39. The number of halogens is 2. The molecular weight excluding hydrogens is 267 g/mol. The standard InChI is InChI=1S/C14H20Cl2N2/c1-14(17-2)5-7-18(8-6-14)10-11-9-12(15)3-4-13(11)16/h3-4,9,17H,5-8,10H2,1-2H3. The minimum absolute atomic E-state index is 0.286. The van der Waals surface area contributed by atoms with Crippen LogP contribution in [0, 0.1) is 0 Å². The summed E-state index contributed by atoms with van der Waals surface area (Å²) in [5.74, 6) is 0. The first-order valence-electron chi connectivity index (χ1n) is 6.38. The van der Waals surface area contributed by atoms with Gasteiger partial charge in [-0.25, -0.2) is 0 Å². The molecule has 0 spiro atoms. The zero-order valence-electron chi connectivity index (χ0n) is 11.0. The van der Waals surface area contributed by atoms with Crippen molar-refractivity contribution >= 4 is 23.2 Å². The summed E-state index contributed by atoms with van der Waals surface area (Å²) in [6.07, 6.45) is 2.34. The fraction of sp³-hybridized carbons (Fsp3) is 0.571. The molecule has 0 saturated carbocycles. The first-order valence-corrected chi connectivity index (χ1v) is 7.13. The van der Waals surface area contributed by atoms with Gasteiger partial charge in [0.15, 0.2) is 0 Å². The number of hydrogen-bond donors (Lipinski definition) is 1. The number of rotatable bonds is 3. The van der Waals surface area contributed by atoms with Gasteiger partial charge in [0.05, 0.1) is 0 Å². The van der Waals surface area contributed by atoms with Crippen molar-refractivity contribution in [3.63, 3.8) is 0 Å².